The van der Waals surface area contributed by atoms with E-state index in [0.29, 0.717) is 26.1 Å². The SMILES string of the molecule is O=C(CCc1cccs1)N1CCOc2ccc(CN3CCN(c4ccccc4)CC3)cc2C1. The molecule has 0 bridgehead atoms. The van der Waals surface area contributed by atoms with E-state index in [1.807, 2.05) is 11.0 Å². The molecule has 2 aliphatic heterocycles. The fourth-order valence-electron chi connectivity index (χ4n) is 4.66. The van der Waals surface area contributed by atoms with E-state index in [0.717, 1.165) is 50.5 Å². The average molecular weight is 462 g/mol. The second-order valence-electron chi connectivity index (χ2n) is 8.78. The van der Waals surface area contributed by atoms with Crippen LogP contribution in [-0.2, 0) is 24.3 Å². The Morgan fingerprint density at radius 3 is 2.58 bits per heavy atom. The van der Waals surface area contributed by atoms with Crippen molar-refractivity contribution in [1.82, 2.24) is 9.80 Å². The fraction of sp³-hybridized carbons (Fsp3) is 0.370. The second-order valence-corrected chi connectivity index (χ2v) is 9.82. The highest BCUT2D eigenvalue weighted by Crippen LogP contribution is 2.26. The highest BCUT2D eigenvalue weighted by atomic mass is 32.1. The Bertz CT molecular complexity index is 1050. The van der Waals surface area contributed by atoms with Crippen molar-refractivity contribution < 1.29 is 9.53 Å². The summed E-state index contributed by atoms with van der Waals surface area (Å²) in [4.78, 5) is 21.1. The summed E-state index contributed by atoms with van der Waals surface area (Å²) in [5.74, 6) is 1.13. The van der Waals surface area contributed by atoms with E-state index in [4.69, 9.17) is 4.74 Å². The first kappa shape index (κ1) is 22.0. The summed E-state index contributed by atoms with van der Waals surface area (Å²) in [5.41, 5.74) is 3.72. The van der Waals surface area contributed by atoms with Gasteiger partial charge in [-0.2, -0.15) is 0 Å². The highest BCUT2D eigenvalue weighted by molar-refractivity contribution is 7.09. The summed E-state index contributed by atoms with van der Waals surface area (Å²) in [7, 11) is 0. The number of carbonyl (C=O) groups is 1. The molecule has 3 aromatic rings. The number of fused-ring (bicyclic) bond motifs is 1. The van der Waals surface area contributed by atoms with Crippen LogP contribution in [0, 0.1) is 0 Å². The highest BCUT2D eigenvalue weighted by Gasteiger charge is 2.21. The lowest BCUT2D eigenvalue weighted by molar-refractivity contribution is -0.131. The van der Waals surface area contributed by atoms with Crippen LogP contribution < -0.4 is 9.64 Å². The van der Waals surface area contributed by atoms with E-state index in [9.17, 15) is 4.79 Å². The summed E-state index contributed by atoms with van der Waals surface area (Å²) in [5, 5.41) is 2.07. The summed E-state index contributed by atoms with van der Waals surface area (Å²) in [6.45, 7) is 6.96. The Hall–Kier alpha value is -2.83. The van der Waals surface area contributed by atoms with Crippen LogP contribution in [0.1, 0.15) is 22.4 Å². The van der Waals surface area contributed by atoms with Gasteiger partial charge in [-0.25, -0.2) is 0 Å². The van der Waals surface area contributed by atoms with Gasteiger partial charge in [-0.1, -0.05) is 30.3 Å². The number of hydrogen-bond acceptors (Lipinski definition) is 5. The van der Waals surface area contributed by atoms with Gasteiger partial charge in [-0.15, -0.1) is 11.3 Å². The van der Waals surface area contributed by atoms with Crippen molar-refractivity contribution in [3.05, 3.63) is 82.0 Å². The molecule has 2 aromatic carbocycles. The summed E-state index contributed by atoms with van der Waals surface area (Å²) in [6, 6.07) is 21.3. The standard InChI is InChI=1S/C27H31N3O2S/c31-27(11-9-25-7-4-18-33-25)30-16-17-32-26-10-8-22(19-23(26)21-30)20-28-12-14-29(15-13-28)24-5-2-1-3-6-24/h1-8,10,18-19H,9,11-17,20-21H2. The van der Waals surface area contributed by atoms with Crippen molar-refractivity contribution in [2.45, 2.75) is 25.9 Å². The van der Waals surface area contributed by atoms with E-state index in [2.05, 4.69) is 69.8 Å². The Labute approximate surface area is 200 Å². The molecule has 0 saturated carbocycles. The molecule has 3 heterocycles. The van der Waals surface area contributed by atoms with Crippen LogP contribution in [0.15, 0.2) is 66.0 Å². The number of ether oxygens (including phenoxy) is 1. The van der Waals surface area contributed by atoms with E-state index >= 15 is 0 Å². The molecule has 1 saturated heterocycles. The smallest absolute Gasteiger partial charge is 0.223 e. The minimum atomic E-state index is 0.210. The van der Waals surface area contributed by atoms with Crippen molar-refractivity contribution in [3.63, 3.8) is 0 Å². The van der Waals surface area contributed by atoms with E-state index in [1.165, 1.54) is 16.1 Å². The first-order valence-corrected chi connectivity index (χ1v) is 12.7. The van der Waals surface area contributed by atoms with Gasteiger partial charge in [0.25, 0.3) is 0 Å². The third-order valence-electron chi connectivity index (χ3n) is 6.52. The Morgan fingerprint density at radius 1 is 0.939 bits per heavy atom. The molecule has 172 valence electrons. The van der Waals surface area contributed by atoms with Crippen LogP contribution in [0.3, 0.4) is 0 Å². The molecule has 1 fully saturated rings. The number of thiophene rings is 1. The molecular formula is C27H31N3O2S. The molecule has 0 unspecified atom stereocenters. The number of rotatable bonds is 6. The van der Waals surface area contributed by atoms with Crippen molar-refractivity contribution in [2.75, 3.05) is 44.2 Å². The van der Waals surface area contributed by atoms with Gasteiger partial charge in [-0.3, -0.25) is 9.69 Å². The van der Waals surface area contributed by atoms with Gasteiger partial charge in [0.2, 0.25) is 5.91 Å². The molecule has 33 heavy (non-hydrogen) atoms. The molecule has 2 aliphatic rings. The Balaban J connectivity index is 1.18. The van der Waals surface area contributed by atoms with Gasteiger partial charge in [0.05, 0.1) is 6.54 Å². The first-order chi connectivity index (χ1) is 16.2. The molecular weight excluding hydrogens is 430 g/mol. The van der Waals surface area contributed by atoms with Crippen molar-refractivity contribution in [2.24, 2.45) is 0 Å². The molecule has 0 aliphatic carbocycles. The molecule has 5 rings (SSSR count). The lowest BCUT2D eigenvalue weighted by Gasteiger charge is -2.36. The summed E-state index contributed by atoms with van der Waals surface area (Å²) >= 11 is 1.72. The van der Waals surface area contributed by atoms with Crippen molar-refractivity contribution in [3.8, 4) is 5.75 Å². The van der Waals surface area contributed by atoms with Crippen LogP contribution in [0.25, 0.3) is 0 Å². The molecule has 1 amide bonds. The normalized spacial score (nSPS) is 16.7. The van der Waals surface area contributed by atoms with Crippen LogP contribution in [0.5, 0.6) is 5.75 Å². The number of anilines is 1. The third-order valence-corrected chi connectivity index (χ3v) is 7.46. The molecule has 1 aromatic heterocycles. The molecule has 0 atom stereocenters. The Kier molecular flexibility index (Phi) is 6.93. The topological polar surface area (TPSA) is 36.0 Å². The van der Waals surface area contributed by atoms with Crippen molar-refractivity contribution in [1.29, 1.82) is 0 Å². The molecule has 6 heteroatoms. The number of benzene rings is 2. The zero-order valence-electron chi connectivity index (χ0n) is 19.0. The quantitative estimate of drug-likeness (QED) is 0.544. The van der Waals surface area contributed by atoms with E-state index in [-0.39, 0.29) is 5.91 Å². The van der Waals surface area contributed by atoms with Gasteiger partial charge in [-0.05, 0) is 47.7 Å². The average Bonchev–Trinajstić information content (AvgIpc) is 3.29. The summed E-state index contributed by atoms with van der Waals surface area (Å²) in [6.07, 6.45) is 1.37. The number of nitrogens with zero attached hydrogens (tertiary/aromatic N) is 3. The van der Waals surface area contributed by atoms with Crippen molar-refractivity contribution >= 4 is 22.9 Å². The number of para-hydroxylation sites is 1. The van der Waals surface area contributed by atoms with E-state index in [1.54, 1.807) is 11.3 Å². The number of piperazine rings is 1. The maximum absolute atomic E-state index is 12.9. The maximum Gasteiger partial charge on any atom is 0.223 e. The van der Waals surface area contributed by atoms with Gasteiger partial charge >= 0.3 is 0 Å². The van der Waals surface area contributed by atoms with Gasteiger partial charge in [0, 0.05) is 61.8 Å². The predicted octanol–water partition coefficient (Wildman–Crippen LogP) is 4.42. The predicted molar refractivity (Wildman–Crippen MR) is 134 cm³/mol. The van der Waals surface area contributed by atoms with E-state index < -0.39 is 0 Å². The number of aryl methyl sites for hydroxylation is 1. The van der Waals surface area contributed by atoms with Gasteiger partial charge in [0.1, 0.15) is 12.4 Å². The maximum atomic E-state index is 12.9. The summed E-state index contributed by atoms with van der Waals surface area (Å²) < 4.78 is 5.98. The van der Waals surface area contributed by atoms with Gasteiger partial charge < -0.3 is 14.5 Å². The minimum absolute atomic E-state index is 0.210. The van der Waals surface area contributed by atoms with Crippen LogP contribution in [0.4, 0.5) is 5.69 Å². The molecule has 5 nitrogen and oxygen atoms in total. The molecule has 0 radical (unpaired) electrons. The molecule has 0 spiro atoms. The minimum Gasteiger partial charge on any atom is -0.491 e. The second kappa shape index (κ2) is 10.4. The zero-order chi connectivity index (χ0) is 22.5. The van der Waals surface area contributed by atoms with Crippen LogP contribution >= 0.6 is 11.3 Å². The largest absolute Gasteiger partial charge is 0.491 e. The Morgan fingerprint density at radius 2 is 1.79 bits per heavy atom. The van der Waals surface area contributed by atoms with Crippen LogP contribution in [0.2, 0.25) is 0 Å². The lowest BCUT2D eigenvalue weighted by Crippen LogP contribution is -2.45. The monoisotopic (exact) mass is 461 g/mol. The number of hydrogen-bond donors (Lipinski definition) is 0. The number of carbonyl (C=O) groups excluding carboxylic acids is 1. The van der Waals surface area contributed by atoms with Gasteiger partial charge in [0.15, 0.2) is 0 Å². The third kappa shape index (κ3) is 5.57. The lowest BCUT2D eigenvalue weighted by atomic mass is 10.1. The first-order valence-electron chi connectivity index (χ1n) is 11.8. The number of amides is 1. The zero-order valence-corrected chi connectivity index (χ0v) is 19.8. The van der Waals surface area contributed by atoms with Crippen LogP contribution in [-0.4, -0.2) is 55.0 Å². The molecule has 0 N–H and O–H groups in total. The fourth-order valence-corrected chi connectivity index (χ4v) is 5.37.